The summed E-state index contributed by atoms with van der Waals surface area (Å²) in [4.78, 5) is 12.3. The van der Waals surface area contributed by atoms with Crippen LogP contribution in [0.4, 0.5) is 5.69 Å². The van der Waals surface area contributed by atoms with Gasteiger partial charge >= 0.3 is 0 Å². The van der Waals surface area contributed by atoms with Gasteiger partial charge in [0.15, 0.2) is 0 Å². The van der Waals surface area contributed by atoms with Gasteiger partial charge in [0.05, 0.1) is 0 Å². The van der Waals surface area contributed by atoms with Gasteiger partial charge in [-0.2, -0.15) is 0 Å². The zero-order valence-electron chi connectivity index (χ0n) is 14.6. The molecule has 4 heteroatoms. The monoisotopic (exact) mass is 346 g/mol. The molecule has 0 aliphatic heterocycles. The van der Waals surface area contributed by atoms with E-state index >= 15 is 0 Å². The summed E-state index contributed by atoms with van der Waals surface area (Å²) < 4.78 is 0. The SMILES string of the molecule is CC(NC(=O)CCc1ccccc1N)C(C)(C)c1ccccc1.Cl. The summed E-state index contributed by atoms with van der Waals surface area (Å²) in [5.41, 5.74) is 8.80. The van der Waals surface area contributed by atoms with Crippen molar-refractivity contribution >= 4 is 24.0 Å². The predicted molar refractivity (Wildman–Crippen MR) is 103 cm³/mol. The highest BCUT2D eigenvalue weighted by Gasteiger charge is 2.28. The third-order valence-corrected chi connectivity index (χ3v) is 4.65. The molecule has 0 heterocycles. The number of carbonyl (C=O) groups is 1. The number of amides is 1. The van der Waals surface area contributed by atoms with Crippen LogP contribution in [0.3, 0.4) is 0 Å². The summed E-state index contributed by atoms with van der Waals surface area (Å²) in [5.74, 6) is 0.0600. The second kappa shape index (κ2) is 8.74. The molecule has 0 aliphatic rings. The van der Waals surface area contributed by atoms with Gasteiger partial charge in [-0.15, -0.1) is 12.4 Å². The number of carbonyl (C=O) groups excluding carboxylic acids is 1. The van der Waals surface area contributed by atoms with E-state index in [0.29, 0.717) is 12.8 Å². The molecule has 24 heavy (non-hydrogen) atoms. The number of hydrogen-bond acceptors (Lipinski definition) is 2. The van der Waals surface area contributed by atoms with Crippen LogP contribution in [0.2, 0.25) is 0 Å². The van der Waals surface area contributed by atoms with Crippen LogP contribution < -0.4 is 11.1 Å². The lowest BCUT2D eigenvalue weighted by Crippen LogP contribution is -2.45. The van der Waals surface area contributed by atoms with Crippen LogP contribution in [0.25, 0.3) is 0 Å². The lowest BCUT2D eigenvalue weighted by atomic mass is 9.78. The number of anilines is 1. The van der Waals surface area contributed by atoms with E-state index in [0.717, 1.165) is 11.3 Å². The number of para-hydroxylation sites is 1. The van der Waals surface area contributed by atoms with Gasteiger partial charge in [-0.1, -0.05) is 62.4 Å². The highest BCUT2D eigenvalue weighted by atomic mass is 35.5. The Labute approximate surface area is 151 Å². The molecule has 0 aliphatic carbocycles. The number of nitrogens with two attached hydrogens (primary N) is 1. The second-order valence-corrected chi connectivity index (χ2v) is 6.58. The van der Waals surface area contributed by atoms with Crippen LogP contribution >= 0.6 is 12.4 Å². The summed E-state index contributed by atoms with van der Waals surface area (Å²) in [6.45, 7) is 6.37. The Bertz CT molecular complexity index is 656. The van der Waals surface area contributed by atoms with E-state index < -0.39 is 0 Å². The molecule has 0 saturated heterocycles. The smallest absolute Gasteiger partial charge is 0.220 e. The molecule has 0 bridgehead atoms. The van der Waals surface area contributed by atoms with Gasteiger partial charge in [0.2, 0.25) is 5.91 Å². The average molecular weight is 347 g/mol. The molecule has 1 atom stereocenters. The van der Waals surface area contributed by atoms with Crippen LogP contribution in [0.1, 0.15) is 38.3 Å². The minimum absolute atomic E-state index is 0. The van der Waals surface area contributed by atoms with Crippen LogP contribution in [0, 0.1) is 0 Å². The molecule has 1 unspecified atom stereocenters. The fourth-order valence-corrected chi connectivity index (χ4v) is 2.62. The van der Waals surface area contributed by atoms with E-state index in [-0.39, 0.29) is 29.8 Å². The van der Waals surface area contributed by atoms with Crippen LogP contribution in [-0.2, 0) is 16.6 Å². The van der Waals surface area contributed by atoms with Gasteiger partial charge in [-0.25, -0.2) is 0 Å². The van der Waals surface area contributed by atoms with Crippen molar-refractivity contribution in [2.75, 3.05) is 5.73 Å². The molecule has 0 fully saturated rings. The maximum Gasteiger partial charge on any atom is 0.220 e. The molecule has 3 nitrogen and oxygen atoms in total. The van der Waals surface area contributed by atoms with Crippen molar-refractivity contribution < 1.29 is 4.79 Å². The Morgan fingerprint density at radius 2 is 1.67 bits per heavy atom. The lowest BCUT2D eigenvalue weighted by Gasteiger charge is -2.33. The van der Waals surface area contributed by atoms with Gasteiger partial charge in [-0.05, 0) is 30.5 Å². The lowest BCUT2D eigenvalue weighted by molar-refractivity contribution is -0.122. The standard InChI is InChI=1S/C20H26N2O.ClH/c1-15(20(2,3)17-10-5-4-6-11-17)22-19(23)14-13-16-9-7-8-12-18(16)21;/h4-12,15H,13-14,21H2,1-3H3,(H,22,23);1H. The maximum absolute atomic E-state index is 12.3. The molecule has 0 aromatic heterocycles. The van der Waals surface area contributed by atoms with E-state index in [1.54, 1.807) is 0 Å². The molecule has 0 saturated carbocycles. The van der Waals surface area contributed by atoms with Crippen molar-refractivity contribution in [1.82, 2.24) is 5.32 Å². The Kier molecular flexibility index (Phi) is 7.30. The van der Waals surface area contributed by atoms with Gasteiger partial charge < -0.3 is 11.1 Å². The third kappa shape index (κ3) is 5.00. The molecular weight excluding hydrogens is 320 g/mol. The van der Waals surface area contributed by atoms with Crippen molar-refractivity contribution in [2.45, 2.75) is 45.1 Å². The highest BCUT2D eigenvalue weighted by molar-refractivity contribution is 5.85. The zero-order valence-corrected chi connectivity index (χ0v) is 15.4. The molecule has 0 radical (unpaired) electrons. The van der Waals surface area contributed by atoms with E-state index in [9.17, 15) is 4.79 Å². The number of aryl methyl sites for hydroxylation is 1. The number of nitrogen functional groups attached to an aromatic ring is 1. The van der Waals surface area contributed by atoms with Crippen LogP contribution in [-0.4, -0.2) is 11.9 Å². The van der Waals surface area contributed by atoms with Crippen molar-refractivity contribution in [1.29, 1.82) is 0 Å². The largest absolute Gasteiger partial charge is 0.399 e. The topological polar surface area (TPSA) is 55.1 Å². The Morgan fingerprint density at radius 3 is 2.29 bits per heavy atom. The van der Waals surface area contributed by atoms with E-state index in [2.05, 4.69) is 38.2 Å². The number of rotatable bonds is 6. The Balaban J connectivity index is 0.00000288. The molecule has 3 N–H and O–H groups in total. The number of hydrogen-bond donors (Lipinski definition) is 2. The Morgan fingerprint density at radius 1 is 1.08 bits per heavy atom. The second-order valence-electron chi connectivity index (χ2n) is 6.58. The Hall–Kier alpha value is -2.00. The van der Waals surface area contributed by atoms with Crippen molar-refractivity contribution in [3.63, 3.8) is 0 Å². The molecular formula is C20H27ClN2O. The summed E-state index contributed by atoms with van der Waals surface area (Å²) in [7, 11) is 0. The van der Waals surface area contributed by atoms with Crippen LogP contribution in [0.5, 0.6) is 0 Å². The predicted octanol–water partition coefficient (Wildman–Crippen LogP) is 4.11. The van der Waals surface area contributed by atoms with E-state index in [1.165, 1.54) is 5.56 Å². The summed E-state index contributed by atoms with van der Waals surface area (Å²) in [6, 6.07) is 18.0. The molecule has 2 rings (SSSR count). The van der Waals surface area contributed by atoms with Crippen molar-refractivity contribution in [2.24, 2.45) is 0 Å². The molecule has 130 valence electrons. The first-order valence-electron chi connectivity index (χ1n) is 8.09. The fourth-order valence-electron chi connectivity index (χ4n) is 2.62. The normalized spacial score (nSPS) is 12.1. The zero-order chi connectivity index (χ0) is 16.9. The quantitative estimate of drug-likeness (QED) is 0.773. The summed E-state index contributed by atoms with van der Waals surface area (Å²) in [6.07, 6.45) is 1.11. The average Bonchev–Trinajstić information content (AvgIpc) is 2.55. The molecule has 1 amide bonds. The molecule has 2 aromatic carbocycles. The molecule has 0 spiro atoms. The number of benzene rings is 2. The molecule has 2 aromatic rings. The van der Waals surface area contributed by atoms with Crippen molar-refractivity contribution in [3.8, 4) is 0 Å². The van der Waals surface area contributed by atoms with Crippen molar-refractivity contribution in [3.05, 3.63) is 65.7 Å². The summed E-state index contributed by atoms with van der Waals surface area (Å²) in [5, 5.41) is 3.13. The van der Waals surface area contributed by atoms with Gasteiger partial charge in [0, 0.05) is 23.6 Å². The van der Waals surface area contributed by atoms with Gasteiger partial charge in [-0.3, -0.25) is 4.79 Å². The number of halogens is 1. The van der Waals surface area contributed by atoms with Gasteiger partial charge in [0.1, 0.15) is 0 Å². The minimum atomic E-state index is -0.122. The summed E-state index contributed by atoms with van der Waals surface area (Å²) >= 11 is 0. The first-order valence-corrected chi connectivity index (χ1v) is 8.09. The first kappa shape index (κ1) is 20.0. The van der Waals surface area contributed by atoms with E-state index in [1.807, 2.05) is 42.5 Å². The maximum atomic E-state index is 12.3. The number of nitrogens with one attached hydrogen (secondary N) is 1. The first-order chi connectivity index (χ1) is 10.9. The minimum Gasteiger partial charge on any atom is -0.399 e. The third-order valence-electron chi connectivity index (χ3n) is 4.65. The fraction of sp³-hybridized carbons (Fsp3) is 0.350. The van der Waals surface area contributed by atoms with Crippen LogP contribution in [0.15, 0.2) is 54.6 Å². The highest BCUT2D eigenvalue weighted by Crippen LogP contribution is 2.26. The van der Waals surface area contributed by atoms with Gasteiger partial charge in [0.25, 0.3) is 0 Å². The van der Waals surface area contributed by atoms with E-state index in [4.69, 9.17) is 5.73 Å².